The number of anilines is 2. The minimum Gasteiger partial charge on any atom is -0.463 e. The zero-order valence-corrected chi connectivity index (χ0v) is 26.1. The molecule has 3 aromatic carbocycles. The largest absolute Gasteiger partial charge is 0.463 e. The predicted molar refractivity (Wildman–Crippen MR) is 171 cm³/mol. The number of nitrogens with one attached hydrogen (secondary N) is 2. The molecule has 0 aromatic heterocycles. The number of carbonyl (C=O) groups is 2. The highest BCUT2D eigenvalue weighted by molar-refractivity contribution is 5.99. The third-order valence-corrected chi connectivity index (χ3v) is 7.63. The second-order valence-electron chi connectivity index (χ2n) is 11.7. The number of urea groups is 1. The van der Waals surface area contributed by atoms with E-state index in [9.17, 15) is 9.59 Å². The molecular formula is C35H43N3O7. The Labute approximate surface area is 264 Å². The number of benzene rings is 3. The van der Waals surface area contributed by atoms with Gasteiger partial charge in [-0.2, -0.15) is 0 Å². The number of rotatable bonds is 15. The predicted octanol–water partition coefficient (Wildman–Crippen LogP) is 7.26. The van der Waals surface area contributed by atoms with Gasteiger partial charge in [-0.15, -0.1) is 0 Å². The van der Waals surface area contributed by atoms with Crippen molar-refractivity contribution in [1.29, 1.82) is 0 Å². The second kappa shape index (κ2) is 15.7. The lowest BCUT2D eigenvalue weighted by atomic mass is 10.0. The molecule has 0 bridgehead atoms. The molecule has 3 amide bonds. The second-order valence-corrected chi connectivity index (χ2v) is 11.7. The summed E-state index contributed by atoms with van der Waals surface area (Å²) in [6.45, 7) is 7.73. The lowest BCUT2D eigenvalue weighted by Gasteiger charge is -2.32. The molecule has 2 aliphatic heterocycles. The maximum Gasteiger partial charge on any atom is 0.410 e. The van der Waals surface area contributed by atoms with E-state index in [0.717, 1.165) is 53.8 Å². The van der Waals surface area contributed by atoms with Gasteiger partial charge < -0.3 is 39.2 Å². The van der Waals surface area contributed by atoms with Gasteiger partial charge >= 0.3 is 12.1 Å². The van der Waals surface area contributed by atoms with Gasteiger partial charge in [-0.05, 0) is 60.4 Å². The number of hydrogen-bond donors (Lipinski definition) is 2. The van der Waals surface area contributed by atoms with Gasteiger partial charge in [0.1, 0.15) is 11.9 Å². The SMILES string of the molecule is CC1(C)OCc2cc([C@@H]3CN(CCCCCCOCCOCc4ccc(NC(=O)Nc5ccccc5)cc4)C(=O)O3)ccc2O1. The molecule has 1 saturated heterocycles. The van der Waals surface area contributed by atoms with Crippen LogP contribution in [-0.2, 0) is 32.2 Å². The van der Waals surface area contributed by atoms with E-state index in [4.69, 9.17) is 23.7 Å². The molecule has 0 saturated carbocycles. The van der Waals surface area contributed by atoms with E-state index in [1.807, 2.05) is 86.6 Å². The molecule has 240 valence electrons. The van der Waals surface area contributed by atoms with E-state index in [-0.39, 0.29) is 18.2 Å². The van der Waals surface area contributed by atoms with Gasteiger partial charge in [-0.1, -0.05) is 49.2 Å². The normalized spacial score (nSPS) is 16.9. The van der Waals surface area contributed by atoms with Crippen molar-refractivity contribution in [2.45, 2.75) is 64.6 Å². The Morgan fingerprint density at radius 1 is 0.889 bits per heavy atom. The molecule has 10 nitrogen and oxygen atoms in total. The van der Waals surface area contributed by atoms with Crippen LogP contribution >= 0.6 is 0 Å². The molecule has 3 aromatic rings. The van der Waals surface area contributed by atoms with Crippen molar-refractivity contribution in [3.05, 3.63) is 89.5 Å². The molecule has 1 fully saturated rings. The molecule has 2 N–H and O–H groups in total. The molecule has 0 aliphatic carbocycles. The minimum atomic E-state index is -0.633. The summed E-state index contributed by atoms with van der Waals surface area (Å²) in [4.78, 5) is 26.3. The first kappa shape index (κ1) is 32.3. The summed E-state index contributed by atoms with van der Waals surface area (Å²) < 4.78 is 28.7. The summed E-state index contributed by atoms with van der Waals surface area (Å²) >= 11 is 0. The Morgan fingerprint density at radius 3 is 2.42 bits per heavy atom. The standard InChI is InChI=1S/C35H43N3O7/c1-35(2)43-25-28-22-27(14-17-31(28)45-35)32-23-38(34(40)44-32)18-8-3-4-9-19-41-20-21-42-24-26-12-15-30(16-13-26)37-33(39)36-29-10-6-5-7-11-29/h5-7,10-17,22,32H,3-4,8-9,18-21,23-25H2,1-2H3,(H2,36,37,39)/t32-/m0/s1. The lowest BCUT2D eigenvalue weighted by Crippen LogP contribution is -2.35. The molecule has 0 spiro atoms. The van der Waals surface area contributed by atoms with Crippen LogP contribution in [0.1, 0.15) is 62.3 Å². The molecule has 2 aliphatic rings. The number of cyclic esters (lactones) is 1. The first-order valence-corrected chi connectivity index (χ1v) is 15.6. The van der Waals surface area contributed by atoms with Gasteiger partial charge in [-0.25, -0.2) is 9.59 Å². The van der Waals surface area contributed by atoms with Gasteiger partial charge in [0.25, 0.3) is 0 Å². The van der Waals surface area contributed by atoms with Crippen LogP contribution in [0.3, 0.4) is 0 Å². The Bertz CT molecular complexity index is 1400. The summed E-state index contributed by atoms with van der Waals surface area (Å²) in [7, 11) is 0. The van der Waals surface area contributed by atoms with Crippen LogP contribution in [0.15, 0.2) is 72.8 Å². The van der Waals surface area contributed by atoms with Gasteiger partial charge in [-0.3, -0.25) is 0 Å². The van der Waals surface area contributed by atoms with Crippen molar-refractivity contribution in [3.8, 4) is 5.75 Å². The van der Waals surface area contributed by atoms with E-state index in [2.05, 4.69) is 10.6 Å². The fourth-order valence-corrected chi connectivity index (χ4v) is 5.19. The zero-order chi connectivity index (χ0) is 31.5. The number of ether oxygens (including phenoxy) is 5. The fourth-order valence-electron chi connectivity index (χ4n) is 5.19. The first-order chi connectivity index (χ1) is 21.8. The number of carbonyl (C=O) groups excluding carboxylic acids is 2. The van der Waals surface area contributed by atoms with E-state index >= 15 is 0 Å². The summed E-state index contributed by atoms with van der Waals surface area (Å²) in [5.74, 6) is 0.182. The van der Waals surface area contributed by atoms with Crippen LogP contribution in [-0.4, -0.2) is 55.7 Å². The highest BCUT2D eigenvalue weighted by Gasteiger charge is 2.33. The topological polar surface area (TPSA) is 108 Å². The molecular weight excluding hydrogens is 574 g/mol. The maximum atomic E-state index is 12.4. The Balaban J connectivity index is 0.871. The highest BCUT2D eigenvalue weighted by atomic mass is 16.7. The van der Waals surface area contributed by atoms with E-state index < -0.39 is 5.79 Å². The molecule has 0 radical (unpaired) electrons. The van der Waals surface area contributed by atoms with Gasteiger partial charge in [0.2, 0.25) is 5.79 Å². The molecule has 1 atom stereocenters. The zero-order valence-electron chi connectivity index (χ0n) is 26.1. The third-order valence-electron chi connectivity index (χ3n) is 7.63. The Morgan fingerprint density at radius 2 is 1.62 bits per heavy atom. The number of nitrogens with zero attached hydrogens (tertiary/aromatic N) is 1. The first-order valence-electron chi connectivity index (χ1n) is 15.6. The van der Waals surface area contributed by atoms with E-state index in [0.29, 0.717) is 51.8 Å². The summed E-state index contributed by atoms with van der Waals surface area (Å²) in [5.41, 5.74) is 4.41. The number of amides is 3. The average molecular weight is 618 g/mol. The summed E-state index contributed by atoms with van der Waals surface area (Å²) in [5, 5.41) is 5.61. The summed E-state index contributed by atoms with van der Waals surface area (Å²) in [6.07, 6.45) is 3.43. The molecule has 45 heavy (non-hydrogen) atoms. The van der Waals surface area contributed by atoms with Crippen molar-refractivity contribution in [3.63, 3.8) is 0 Å². The average Bonchev–Trinajstić information content (AvgIpc) is 3.40. The maximum absolute atomic E-state index is 12.4. The van der Waals surface area contributed by atoms with Crippen molar-refractivity contribution in [2.24, 2.45) is 0 Å². The smallest absolute Gasteiger partial charge is 0.410 e. The molecule has 5 rings (SSSR count). The minimum absolute atomic E-state index is 0.256. The molecule has 10 heteroatoms. The van der Waals surface area contributed by atoms with E-state index in [1.54, 1.807) is 4.90 Å². The Kier molecular flexibility index (Phi) is 11.3. The lowest BCUT2D eigenvalue weighted by molar-refractivity contribution is -0.180. The summed E-state index contributed by atoms with van der Waals surface area (Å²) in [6, 6.07) is 22.5. The number of unbranched alkanes of at least 4 members (excludes halogenated alkanes) is 3. The van der Waals surface area contributed by atoms with Crippen molar-refractivity contribution >= 4 is 23.5 Å². The van der Waals surface area contributed by atoms with Crippen LogP contribution in [0, 0.1) is 0 Å². The van der Waals surface area contributed by atoms with Gasteiger partial charge in [0.15, 0.2) is 0 Å². The number of fused-ring (bicyclic) bond motifs is 1. The number of hydrogen-bond acceptors (Lipinski definition) is 7. The van der Waals surface area contributed by atoms with Gasteiger partial charge in [0.05, 0.1) is 33.0 Å². The van der Waals surface area contributed by atoms with Crippen LogP contribution in [0.2, 0.25) is 0 Å². The van der Waals surface area contributed by atoms with Crippen molar-refractivity contribution in [1.82, 2.24) is 4.90 Å². The van der Waals surface area contributed by atoms with E-state index in [1.165, 1.54) is 0 Å². The van der Waals surface area contributed by atoms with Crippen LogP contribution < -0.4 is 15.4 Å². The third kappa shape index (κ3) is 9.94. The molecule has 2 heterocycles. The van der Waals surface area contributed by atoms with Crippen LogP contribution in [0.25, 0.3) is 0 Å². The van der Waals surface area contributed by atoms with Crippen LogP contribution in [0.4, 0.5) is 21.0 Å². The highest BCUT2D eigenvalue weighted by Crippen LogP contribution is 2.35. The fraction of sp³-hybridized carbons (Fsp3) is 0.429. The Hall–Kier alpha value is -4.12. The van der Waals surface area contributed by atoms with Crippen molar-refractivity contribution < 1.29 is 33.3 Å². The molecule has 0 unspecified atom stereocenters. The number of para-hydroxylation sites is 1. The van der Waals surface area contributed by atoms with Crippen LogP contribution in [0.5, 0.6) is 5.75 Å². The monoisotopic (exact) mass is 617 g/mol. The van der Waals surface area contributed by atoms with Crippen molar-refractivity contribution in [2.75, 3.05) is 43.5 Å². The van der Waals surface area contributed by atoms with Gasteiger partial charge in [0, 0.05) is 43.9 Å². The quantitative estimate of drug-likeness (QED) is 0.173.